The van der Waals surface area contributed by atoms with Gasteiger partial charge in [0.15, 0.2) is 0 Å². The molecule has 0 aliphatic heterocycles. The second-order valence-electron chi connectivity index (χ2n) is 17.4. The van der Waals surface area contributed by atoms with E-state index in [0.717, 1.165) is 38.5 Å². The summed E-state index contributed by atoms with van der Waals surface area (Å²) in [5.41, 5.74) is 0. The van der Waals surface area contributed by atoms with Crippen LogP contribution in [-0.4, -0.2) is 46.1 Å². The highest BCUT2D eigenvalue weighted by molar-refractivity contribution is 5.80. The molecule has 0 aromatic heterocycles. The van der Waals surface area contributed by atoms with E-state index in [-0.39, 0.29) is 6.61 Å². The van der Waals surface area contributed by atoms with Gasteiger partial charge < -0.3 is 20.6 Å². The fourth-order valence-corrected chi connectivity index (χ4v) is 7.87. The van der Waals surface area contributed by atoms with Crippen molar-refractivity contribution in [3.05, 3.63) is 24.3 Å². The van der Waals surface area contributed by atoms with Crippen LogP contribution in [0.4, 0.5) is 0 Å². The van der Waals surface area contributed by atoms with Gasteiger partial charge in [0.1, 0.15) is 6.10 Å². The number of amides is 1. The molecule has 332 valence electrons. The van der Waals surface area contributed by atoms with Crippen molar-refractivity contribution in [1.29, 1.82) is 0 Å². The van der Waals surface area contributed by atoms with E-state index < -0.39 is 24.2 Å². The molecular formula is C51H99NO4. The van der Waals surface area contributed by atoms with Crippen molar-refractivity contribution >= 4 is 5.91 Å². The molecule has 5 nitrogen and oxygen atoms in total. The van der Waals surface area contributed by atoms with E-state index in [1.165, 1.54) is 205 Å². The van der Waals surface area contributed by atoms with Gasteiger partial charge in [-0.1, -0.05) is 250 Å². The maximum Gasteiger partial charge on any atom is 0.249 e. The Morgan fingerprint density at radius 2 is 0.732 bits per heavy atom. The van der Waals surface area contributed by atoms with Crippen molar-refractivity contribution in [2.24, 2.45) is 0 Å². The molecular weight excluding hydrogens is 691 g/mol. The lowest BCUT2D eigenvalue weighted by molar-refractivity contribution is -0.131. The summed E-state index contributed by atoms with van der Waals surface area (Å²) in [5.74, 6) is -0.470. The second kappa shape index (κ2) is 46.5. The van der Waals surface area contributed by atoms with Crippen LogP contribution in [0.15, 0.2) is 24.3 Å². The number of allylic oxidation sites excluding steroid dienone is 4. The third kappa shape index (κ3) is 41.0. The highest BCUT2D eigenvalue weighted by atomic mass is 16.3. The number of aliphatic hydroxyl groups is 3. The number of carbonyl (C=O) groups is 1. The van der Waals surface area contributed by atoms with Gasteiger partial charge in [0, 0.05) is 0 Å². The summed E-state index contributed by atoms with van der Waals surface area (Å²) in [7, 11) is 0. The van der Waals surface area contributed by atoms with Crippen LogP contribution in [0.2, 0.25) is 0 Å². The summed E-state index contributed by atoms with van der Waals surface area (Å²) in [6, 6.07) is -0.712. The summed E-state index contributed by atoms with van der Waals surface area (Å²) in [4.78, 5) is 12.5. The molecule has 0 saturated heterocycles. The standard InChI is InChI=1S/C51H99NO4/c1-3-5-7-9-11-13-15-17-19-21-22-23-24-25-26-27-28-29-30-32-34-36-38-40-42-44-46-50(55)51(56)52-48(47-53)49(54)45-43-41-39-37-35-33-31-20-18-16-14-12-10-8-6-4-2/h22-23,25-26,48-50,53-55H,3-21,24,27-47H2,1-2H3,(H,52,56)/b23-22-,26-25-. The number of hydrogen-bond acceptors (Lipinski definition) is 4. The minimum atomic E-state index is -1.08. The Morgan fingerprint density at radius 1 is 0.429 bits per heavy atom. The Balaban J connectivity index is 3.57. The Bertz CT molecular complexity index is 829. The molecule has 56 heavy (non-hydrogen) atoms. The smallest absolute Gasteiger partial charge is 0.249 e. The van der Waals surface area contributed by atoms with Gasteiger partial charge in [-0.2, -0.15) is 0 Å². The number of carbonyl (C=O) groups excluding carboxylic acids is 1. The predicted molar refractivity (Wildman–Crippen MR) is 245 cm³/mol. The first-order valence-corrected chi connectivity index (χ1v) is 25.1. The fraction of sp³-hybridized carbons (Fsp3) is 0.902. The molecule has 3 atom stereocenters. The first-order valence-electron chi connectivity index (χ1n) is 25.1. The molecule has 0 heterocycles. The molecule has 0 aliphatic carbocycles. The molecule has 0 saturated carbocycles. The largest absolute Gasteiger partial charge is 0.394 e. The van der Waals surface area contributed by atoms with Crippen molar-refractivity contribution in [3.63, 3.8) is 0 Å². The highest BCUT2D eigenvalue weighted by Crippen LogP contribution is 2.17. The Morgan fingerprint density at radius 3 is 1.07 bits per heavy atom. The van der Waals surface area contributed by atoms with Crippen molar-refractivity contribution < 1.29 is 20.1 Å². The number of aliphatic hydroxyl groups excluding tert-OH is 3. The molecule has 0 rings (SSSR count). The Labute approximate surface area is 350 Å². The number of unbranched alkanes of at least 4 members (excludes halogenated alkanes) is 34. The van der Waals surface area contributed by atoms with Crippen LogP contribution in [0.25, 0.3) is 0 Å². The van der Waals surface area contributed by atoms with Crippen molar-refractivity contribution in [3.8, 4) is 0 Å². The minimum absolute atomic E-state index is 0.313. The summed E-state index contributed by atoms with van der Waals surface area (Å²) in [6.45, 7) is 4.25. The maximum absolute atomic E-state index is 12.5. The lowest BCUT2D eigenvalue weighted by Gasteiger charge is -2.23. The van der Waals surface area contributed by atoms with Gasteiger partial charge in [-0.05, 0) is 44.9 Å². The normalized spacial score (nSPS) is 13.6. The van der Waals surface area contributed by atoms with Crippen molar-refractivity contribution in [1.82, 2.24) is 5.32 Å². The average molecular weight is 790 g/mol. The van der Waals surface area contributed by atoms with E-state index in [0.29, 0.717) is 12.8 Å². The van der Waals surface area contributed by atoms with Gasteiger partial charge in [0.05, 0.1) is 18.8 Å². The molecule has 0 fully saturated rings. The van der Waals surface area contributed by atoms with E-state index in [1.54, 1.807) is 0 Å². The van der Waals surface area contributed by atoms with E-state index in [4.69, 9.17) is 0 Å². The quantitative estimate of drug-likeness (QED) is 0.0365. The summed E-state index contributed by atoms with van der Waals surface area (Å²) in [6.07, 6.45) is 57.7. The first-order chi connectivity index (χ1) is 27.6. The van der Waals surface area contributed by atoms with Crippen LogP contribution in [0.5, 0.6) is 0 Å². The van der Waals surface area contributed by atoms with E-state index in [9.17, 15) is 20.1 Å². The monoisotopic (exact) mass is 790 g/mol. The zero-order valence-corrected chi connectivity index (χ0v) is 37.8. The van der Waals surface area contributed by atoms with Crippen LogP contribution in [0, 0.1) is 0 Å². The van der Waals surface area contributed by atoms with Crippen molar-refractivity contribution in [2.75, 3.05) is 6.61 Å². The summed E-state index contributed by atoms with van der Waals surface area (Å²) >= 11 is 0. The average Bonchev–Trinajstić information content (AvgIpc) is 3.20. The third-order valence-electron chi connectivity index (χ3n) is 11.8. The first kappa shape index (κ1) is 54.8. The lowest BCUT2D eigenvalue weighted by atomic mass is 10.0. The molecule has 3 unspecified atom stereocenters. The lowest BCUT2D eigenvalue weighted by Crippen LogP contribution is -2.49. The van der Waals surface area contributed by atoms with Crippen LogP contribution in [0.3, 0.4) is 0 Å². The highest BCUT2D eigenvalue weighted by Gasteiger charge is 2.23. The van der Waals surface area contributed by atoms with Gasteiger partial charge in [-0.3, -0.25) is 4.79 Å². The molecule has 0 radical (unpaired) electrons. The van der Waals surface area contributed by atoms with Crippen LogP contribution in [0.1, 0.15) is 271 Å². The van der Waals surface area contributed by atoms with Gasteiger partial charge in [-0.25, -0.2) is 0 Å². The van der Waals surface area contributed by atoms with Crippen LogP contribution < -0.4 is 5.32 Å². The molecule has 0 aliphatic rings. The molecule has 5 heteroatoms. The van der Waals surface area contributed by atoms with Gasteiger partial charge in [0.2, 0.25) is 5.91 Å². The predicted octanol–water partition coefficient (Wildman–Crippen LogP) is 14.9. The molecule has 0 aromatic rings. The molecule has 0 spiro atoms. The summed E-state index contributed by atoms with van der Waals surface area (Å²) < 4.78 is 0. The van der Waals surface area contributed by atoms with Crippen LogP contribution >= 0.6 is 0 Å². The zero-order valence-electron chi connectivity index (χ0n) is 37.8. The number of nitrogens with one attached hydrogen (secondary N) is 1. The van der Waals surface area contributed by atoms with Gasteiger partial charge >= 0.3 is 0 Å². The fourth-order valence-electron chi connectivity index (χ4n) is 7.87. The van der Waals surface area contributed by atoms with Gasteiger partial charge in [0.25, 0.3) is 0 Å². The third-order valence-corrected chi connectivity index (χ3v) is 11.8. The van der Waals surface area contributed by atoms with E-state index in [2.05, 4.69) is 43.5 Å². The van der Waals surface area contributed by atoms with E-state index >= 15 is 0 Å². The van der Waals surface area contributed by atoms with E-state index in [1.807, 2.05) is 0 Å². The maximum atomic E-state index is 12.5. The minimum Gasteiger partial charge on any atom is -0.394 e. The number of hydrogen-bond donors (Lipinski definition) is 4. The molecule has 0 aromatic carbocycles. The SMILES string of the molecule is CCCCCCCCCCC/C=C\C/C=C\CCCCCCCCCCCCC(O)C(=O)NC(CO)C(O)CCCCCCCCCCCCCCCCCC. The topological polar surface area (TPSA) is 89.8 Å². The number of rotatable bonds is 46. The second-order valence-corrected chi connectivity index (χ2v) is 17.4. The zero-order chi connectivity index (χ0) is 40.8. The van der Waals surface area contributed by atoms with Gasteiger partial charge in [-0.15, -0.1) is 0 Å². The van der Waals surface area contributed by atoms with Crippen molar-refractivity contribution in [2.45, 2.75) is 289 Å². The Kier molecular flexibility index (Phi) is 45.5. The molecule has 0 bridgehead atoms. The molecule has 4 N–H and O–H groups in total. The van der Waals surface area contributed by atoms with Crippen LogP contribution in [-0.2, 0) is 4.79 Å². The Hall–Kier alpha value is -1.17. The molecule has 1 amide bonds. The summed E-state index contributed by atoms with van der Waals surface area (Å²) in [5, 5.41) is 33.4.